The van der Waals surface area contributed by atoms with E-state index in [9.17, 15) is 0 Å². The van der Waals surface area contributed by atoms with Gasteiger partial charge in [0.05, 0.1) is 6.04 Å². The second-order valence-electron chi connectivity index (χ2n) is 18.3. The van der Waals surface area contributed by atoms with Gasteiger partial charge in [-0.05, 0) is 167 Å². The Kier molecular flexibility index (Phi) is 9.83. The highest BCUT2D eigenvalue weighted by Gasteiger charge is 2.26. The number of allylic oxidation sites excluding steroid dienone is 1. The van der Waals surface area contributed by atoms with E-state index in [0.29, 0.717) is 0 Å². The molecule has 2 nitrogen and oxygen atoms in total. The summed E-state index contributed by atoms with van der Waals surface area (Å²) >= 11 is 0. The van der Waals surface area contributed by atoms with Gasteiger partial charge in [-0.15, -0.1) is 0 Å². The minimum Gasteiger partial charge on any atom is -0.334 e. The van der Waals surface area contributed by atoms with Crippen LogP contribution in [0, 0.1) is 0 Å². The summed E-state index contributed by atoms with van der Waals surface area (Å²) in [6.07, 6.45) is 12.7. The molecule has 1 atom stereocenters. The van der Waals surface area contributed by atoms with Gasteiger partial charge in [-0.25, -0.2) is 0 Å². The molecule has 0 bridgehead atoms. The highest BCUT2D eigenvalue weighted by Crippen LogP contribution is 2.42. The molecule has 2 heteroatoms. The van der Waals surface area contributed by atoms with Crippen LogP contribution in [0.25, 0.3) is 83.6 Å². The van der Waals surface area contributed by atoms with Crippen LogP contribution in [-0.4, -0.2) is 6.04 Å². The van der Waals surface area contributed by atoms with Crippen molar-refractivity contribution in [2.24, 2.45) is 0 Å². The smallest absolute Gasteiger partial charge is 0.0566 e. The SMILES string of the molecule is C1=Cc2ccc(N(c3ccc4ccccc4c3)C3C=c4c(-c5ccccc5)c5ccc(N(c6ccc7ccccc7c6)c6ccc7ccccc7c6)cc5c(-c5ccccc5)c4=CC3)cc2CC1. The average molecular weight is 869 g/mol. The first kappa shape index (κ1) is 39.9. The normalized spacial score (nSPS) is 14.0. The van der Waals surface area contributed by atoms with Gasteiger partial charge in [0.1, 0.15) is 0 Å². The number of rotatable bonds is 8. The molecular weight excluding hydrogens is 821 g/mol. The third kappa shape index (κ3) is 7.05. The van der Waals surface area contributed by atoms with Crippen molar-refractivity contribution < 1.29 is 0 Å². The zero-order valence-corrected chi connectivity index (χ0v) is 37.8. The molecule has 1 unspecified atom stereocenters. The van der Waals surface area contributed by atoms with E-state index in [1.54, 1.807) is 0 Å². The van der Waals surface area contributed by atoms with Crippen molar-refractivity contribution in [3.63, 3.8) is 0 Å². The summed E-state index contributed by atoms with van der Waals surface area (Å²) < 4.78 is 0. The maximum Gasteiger partial charge on any atom is 0.0566 e. The van der Waals surface area contributed by atoms with Crippen LogP contribution in [0.15, 0.2) is 231 Å². The average Bonchev–Trinajstić information content (AvgIpc) is 3.40. The van der Waals surface area contributed by atoms with Crippen LogP contribution in [0.1, 0.15) is 24.0 Å². The van der Waals surface area contributed by atoms with Gasteiger partial charge in [-0.3, -0.25) is 0 Å². The first-order chi connectivity index (χ1) is 33.7. The van der Waals surface area contributed by atoms with E-state index in [1.165, 1.54) is 98.3 Å². The number of benzene rings is 11. The molecule has 0 amide bonds. The van der Waals surface area contributed by atoms with E-state index in [0.717, 1.165) is 36.3 Å². The second-order valence-corrected chi connectivity index (χ2v) is 18.3. The summed E-state index contributed by atoms with van der Waals surface area (Å²) in [6.45, 7) is 0. The number of aryl methyl sites for hydroxylation is 1. The fourth-order valence-electron chi connectivity index (χ4n) is 11.1. The largest absolute Gasteiger partial charge is 0.334 e. The van der Waals surface area contributed by atoms with Crippen LogP contribution < -0.4 is 20.2 Å². The lowest BCUT2D eigenvalue weighted by atomic mass is 9.85. The fourth-order valence-corrected chi connectivity index (χ4v) is 11.1. The van der Waals surface area contributed by atoms with E-state index < -0.39 is 0 Å². The molecule has 11 aromatic rings. The van der Waals surface area contributed by atoms with Gasteiger partial charge in [0.2, 0.25) is 0 Å². The van der Waals surface area contributed by atoms with Gasteiger partial charge in [-0.2, -0.15) is 0 Å². The highest BCUT2D eigenvalue weighted by molar-refractivity contribution is 6.08. The first-order valence-corrected chi connectivity index (χ1v) is 24.0. The monoisotopic (exact) mass is 868 g/mol. The highest BCUT2D eigenvalue weighted by atomic mass is 15.2. The van der Waals surface area contributed by atoms with Gasteiger partial charge in [-0.1, -0.05) is 188 Å². The van der Waals surface area contributed by atoms with Crippen molar-refractivity contribution in [1.29, 1.82) is 0 Å². The zero-order valence-electron chi connectivity index (χ0n) is 37.8. The number of nitrogens with zero attached hydrogens (tertiary/aromatic N) is 2. The molecule has 2 aliphatic carbocycles. The Labute approximate surface area is 397 Å². The molecule has 0 aliphatic heterocycles. The summed E-state index contributed by atoms with van der Waals surface area (Å²) in [6, 6.07) is 83.2. The Morgan fingerprint density at radius 3 is 1.49 bits per heavy atom. The molecular formula is C66H48N2. The molecule has 0 N–H and O–H groups in total. The molecule has 0 heterocycles. The van der Waals surface area contributed by atoms with Crippen molar-refractivity contribution in [2.45, 2.75) is 25.3 Å². The first-order valence-electron chi connectivity index (χ1n) is 24.0. The maximum absolute atomic E-state index is 2.60. The second kappa shape index (κ2) is 16.8. The molecule has 2 aliphatic rings. The summed E-state index contributed by atoms with van der Waals surface area (Å²) in [7, 11) is 0. The van der Waals surface area contributed by atoms with E-state index in [2.05, 4.69) is 259 Å². The third-order valence-electron chi connectivity index (χ3n) is 14.3. The molecule has 0 aromatic heterocycles. The van der Waals surface area contributed by atoms with E-state index in [-0.39, 0.29) is 6.04 Å². The summed E-state index contributed by atoms with van der Waals surface area (Å²) in [4.78, 5) is 5.04. The van der Waals surface area contributed by atoms with E-state index in [4.69, 9.17) is 0 Å². The van der Waals surface area contributed by atoms with Gasteiger partial charge < -0.3 is 9.80 Å². The number of hydrogen-bond acceptors (Lipinski definition) is 2. The molecule has 11 aromatic carbocycles. The minimum atomic E-state index is 0.0555. The van der Waals surface area contributed by atoms with Gasteiger partial charge in [0.25, 0.3) is 0 Å². The number of fused-ring (bicyclic) bond motifs is 6. The van der Waals surface area contributed by atoms with Crippen LogP contribution in [0.2, 0.25) is 0 Å². The predicted molar refractivity (Wildman–Crippen MR) is 291 cm³/mol. The van der Waals surface area contributed by atoms with Gasteiger partial charge in [0.15, 0.2) is 0 Å². The molecule has 0 radical (unpaired) electrons. The summed E-state index contributed by atoms with van der Waals surface area (Å²) in [5.41, 5.74) is 13.5. The zero-order chi connectivity index (χ0) is 45.0. The Hall–Kier alpha value is -8.46. The van der Waals surface area contributed by atoms with Crippen LogP contribution in [-0.2, 0) is 6.42 Å². The number of hydrogen-bond donors (Lipinski definition) is 0. The van der Waals surface area contributed by atoms with Crippen LogP contribution in [0.5, 0.6) is 0 Å². The Balaban J connectivity index is 1.07. The molecule has 322 valence electrons. The fraction of sp³-hybridized carbons (Fsp3) is 0.0606. The Bertz CT molecular complexity index is 3830. The van der Waals surface area contributed by atoms with Gasteiger partial charge >= 0.3 is 0 Å². The van der Waals surface area contributed by atoms with Crippen molar-refractivity contribution in [3.05, 3.63) is 252 Å². The Morgan fingerprint density at radius 2 is 0.868 bits per heavy atom. The van der Waals surface area contributed by atoms with Crippen LogP contribution >= 0.6 is 0 Å². The summed E-state index contributed by atoms with van der Waals surface area (Å²) in [5, 5.41) is 12.4. The molecule has 0 saturated heterocycles. The van der Waals surface area contributed by atoms with Crippen molar-refractivity contribution in [1.82, 2.24) is 0 Å². The Morgan fingerprint density at radius 1 is 0.382 bits per heavy atom. The lowest BCUT2D eigenvalue weighted by Crippen LogP contribution is -2.40. The topological polar surface area (TPSA) is 6.48 Å². The van der Waals surface area contributed by atoms with Crippen molar-refractivity contribution in [2.75, 3.05) is 9.80 Å². The number of anilines is 5. The lowest BCUT2D eigenvalue weighted by Gasteiger charge is -2.34. The van der Waals surface area contributed by atoms with Crippen LogP contribution in [0.3, 0.4) is 0 Å². The molecule has 13 rings (SSSR count). The van der Waals surface area contributed by atoms with Crippen molar-refractivity contribution in [3.8, 4) is 22.3 Å². The molecule has 0 spiro atoms. The lowest BCUT2D eigenvalue weighted by molar-refractivity contribution is 0.836. The molecule has 0 saturated carbocycles. The third-order valence-corrected chi connectivity index (χ3v) is 14.3. The quantitative estimate of drug-likeness (QED) is 0.150. The minimum absolute atomic E-state index is 0.0555. The standard InChI is InChI=1S/C66H48N2/c1-3-19-49(20-4-1)65-61-37-35-60(68(57-33-29-47-17-9-13-25-53(47)41-57)58-34-30-48-18-10-14-26-54(48)42-58)44-64(61)66(50-21-5-2-6-22-50)62-38-36-59(43-63(62)65)67(55-31-27-45-15-7-11-23-51(45)39-55)56-32-28-46-16-8-12-24-52(46)40-56/h1-13,15-25,27-34,36-44,60H,14,26,35H2. The van der Waals surface area contributed by atoms with Gasteiger partial charge in [0, 0.05) is 28.4 Å². The van der Waals surface area contributed by atoms with E-state index in [1.807, 2.05) is 0 Å². The molecule has 0 fully saturated rings. The summed E-state index contributed by atoms with van der Waals surface area (Å²) in [5.74, 6) is 0. The van der Waals surface area contributed by atoms with Crippen molar-refractivity contribution >= 4 is 89.8 Å². The maximum atomic E-state index is 2.60. The molecule has 68 heavy (non-hydrogen) atoms. The predicted octanol–water partition coefficient (Wildman–Crippen LogP) is 16.2. The van der Waals surface area contributed by atoms with E-state index >= 15 is 0 Å². The van der Waals surface area contributed by atoms with Crippen LogP contribution in [0.4, 0.5) is 28.4 Å².